The Labute approximate surface area is 138 Å². The molecule has 2 aliphatic rings. The molecule has 0 aromatic heterocycles. The smallest absolute Gasteiger partial charge is 0.161 e. The summed E-state index contributed by atoms with van der Waals surface area (Å²) in [4.78, 5) is 14.9. The van der Waals surface area contributed by atoms with Gasteiger partial charge < -0.3 is 14.4 Å². The highest BCUT2D eigenvalue weighted by atomic mass is 16.5. The molecule has 0 amide bonds. The minimum atomic E-state index is -0.323. The third kappa shape index (κ3) is 2.26. The molecule has 1 aliphatic heterocycles. The van der Waals surface area contributed by atoms with Gasteiger partial charge in [0, 0.05) is 23.3 Å². The number of fused-ring (bicyclic) bond motifs is 1. The van der Waals surface area contributed by atoms with Gasteiger partial charge in [-0.05, 0) is 44.1 Å². The zero-order chi connectivity index (χ0) is 16.8. The summed E-state index contributed by atoms with van der Waals surface area (Å²) >= 11 is 0. The summed E-state index contributed by atoms with van der Waals surface area (Å²) in [5.74, 6) is 1.90. The lowest BCUT2D eigenvalue weighted by atomic mass is 9.57. The largest absolute Gasteiger partial charge is 0.493 e. The first-order valence-electron chi connectivity index (χ1n) is 8.33. The molecule has 4 heteroatoms. The Bertz CT molecular complexity index is 625. The van der Waals surface area contributed by atoms with Crippen LogP contribution in [-0.2, 0) is 10.2 Å². The van der Waals surface area contributed by atoms with Gasteiger partial charge in [-0.15, -0.1) is 0 Å². The van der Waals surface area contributed by atoms with Gasteiger partial charge in [-0.1, -0.05) is 19.9 Å². The summed E-state index contributed by atoms with van der Waals surface area (Å²) < 4.78 is 10.9. The van der Waals surface area contributed by atoms with E-state index in [1.54, 1.807) is 14.2 Å². The van der Waals surface area contributed by atoms with Crippen LogP contribution in [0.4, 0.5) is 0 Å². The third-order valence-electron chi connectivity index (χ3n) is 6.03. The number of Topliss-reactive ketones (excluding diaryl/α,β-unsaturated/α-hetero) is 1. The number of carbonyl (C=O) groups is 1. The summed E-state index contributed by atoms with van der Waals surface area (Å²) in [5, 5.41) is 0. The fraction of sp³-hybridized carbons (Fsp3) is 0.632. The summed E-state index contributed by atoms with van der Waals surface area (Å²) in [6.07, 6.45) is 2.66. The molecule has 1 aromatic carbocycles. The molecule has 0 spiro atoms. The summed E-state index contributed by atoms with van der Waals surface area (Å²) in [6.45, 7) is 5.24. The Morgan fingerprint density at radius 2 is 1.83 bits per heavy atom. The Morgan fingerprint density at radius 3 is 2.48 bits per heavy atom. The van der Waals surface area contributed by atoms with Crippen molar-refractivity contribution in [2.24, 2.45) is 5.41 Å². The van der Waals surface area contributed by atoms with Crippen molar-refractivity contribution in [3.05, 3.63) is 23.8 Å². The highest BCUT2D eigenvalue weighted by Crippen LogP contribution is 2.54. The molecule has 1 aromatic rings. The second kappa shape index (κ2) is 5.52. The molecule has 0 unspecified atom stereocenters. The van der Waals surface area contributed by atoms with Gasteiger partial charge in [-0.2, -0.15) is 0 Å². The first-order valence-corrected chi connectivity index (χ1v) is 8.33. The first kappa shape index (κ1) is 16.3. The monoisotopic (exact) mass is 317 g/mol. The van der Waals surface area contributed by atoms with Crippen molar-refractivity contribution in [1.82, 2.24) is 4.90 Å². The molecule has 1 aliphatic carbocycles. The van der Waals surface area contributed by atoms with Crippen LogP contribution in [0.5, 0.6) is 11.5 Å². The number of benzene rings is 1. The molecule has 23 heavy (non-hydrogen) atoms. The number of carbonyl (C=O) groups excluding carboxylic acids is 1. The second-order valence-electron chi connectivity index (χ2n) is 7.50. The van der Waals surface area contributed by atoms with Crippen LogP contribution < -0.4 is 9.47 Å². The maximum absolute atomic E-state index is 12.5. The normalized spacial score (nSPS) is 30.1. The molecular weight excluding hydrogens is 290 g/mol. The molecule has 126 valence electrons. The minimum absolute atomic E-state index is 0.0196. The number of hydrogen-bond acceptors (Lipinski definition) is 4. The zero-order valence-corrected chi connectivity index (χ0v) is 14.8. The summed E-state index contributed by atoms with van der Waals surface area (Å²) in [7, 11) is 5.48. The van der Waals surface area contributed by atoms with Crippen molar-refractivity contribution >= 4 is 5.78 Å². The van der Waals surface area contributed by atoms with Crippen LogP contribution in [0.15, 0.2) is 18.2 Å². The number of rotatable bonds is 3. The van der Waals surface area contributed by atoms with Crippen molar-refractivity contribution in [3.8, 4) is 11.5 Å². The molecule has 2 fully saturated rings. The van der Waals surface area contributed by atoms with Crippen LogP contribution in [0.3, 0.4) is 0 Å². The number of nitrogens with zero attached hydrogens (tertiary/aromatic N) is 1. The van der Waals surface area contributed by atoms with E-state index in [1.807, 2.05) is 6.07 Å². The fourth-order valence-corrected chi connectivity index (χ4v) is 4.97. The van der Waals surface area contributed by atoms with Crippen molar-refractivity contribution in [2.75, 3.05) is 27.8 Å². The van der Waals surface area contributed by atoms with Crippen LogP contribution in [0, 0.1) is 5.41 Å². The number of methoxy groups -OCH3 is 2. The fourth-order valence-electron chi connectivity index (χ4n) is 4.97. The molecular formula is C19H27NO3. The van der Waals surface area contributed by atoms with Gasteiger partial charge in [0.05, 0.1) is 14.2 Å². The van der Waals surface area contributed by atoms with Gasteiger partial charge in [0.25, 0.3) is 0 Å². The average molecular weight is 317 g/mol. The average Bonchev–Trinajstić information content (AvgIpc) is 2.90. The van der Waals surface area contributed by atoms with Crippen LogP contribution in [-0.4, -0.2) is 44.5 Å². The molecule has 2 atom stereocenters. The second-order valence-corrected chi connectivity index (χ2v) is 7.50. The standard InChI is InChI=1S/C19H27NO3/c1-18(2)16(21)8-9-19(10-11-20(3)17(18)19)13-6-7-14(22-4)15(12-13)23-5/h6-7,12,17H,8-11H2,1-5H3/t17-,19-/m0/s1. The van der Waals surface area contributed by atoms with Crippen LogP contribution in [0.25, 0.3) is 0 Å². The van der Waals surface area contributed by atoms with E-state index in [4.69, 9.17) is 9.47 Å². The topological polar surface area (TPSA) is 38.8 Å². The van der Waals surface area contributed by atoms with Crippen molar-refractivity contribution in [3.63, 3.8) is 0 Å². The highest BCUT2D eigenvalue weighted by Gasteiger charge is 2.58. The molecule has 0 N–H and O–H groups in total. The molecule has 1 heterocycles. The summed E-state index contributed by atoms with van der Waals surface area (Å²) in [5.41, 5.74) is 0.965. The number of likely N-dealkylation sites (tertiary alicyclic amines) is 1. The lowest BCUT2D eigenvalue weighted by Crippen LogP contribution is -2.57. The van der Waals surface area contributed by atoms with E-state index < -0.39 is 0 Å². The minimum Gasteiger partial charge on any atom is -0.493 e. The van der Waals surface area contributed by atoms with E-state index in [-0.39, 0.29) is 16.9 Å². The van der Waals surface area contributed by atoms with Gasteiger partial charge in [-0.3, -0.25) is 4.79 Å². The Kier molecular flexibility index (Phi) is 3.91. The zero-order valence-electron chi connectivity index (χ0n) is 14.8. The molecule has 0 radical (unpaired) electrons. The number of ether oxygens (including phenoxy) is 2. The quantitative estimate of drug-likeness (QED) is 0.859. The van der Waals surface area contributed by atoms with Crippen LogP contribution >= 0.6 is 0 Å². The Morgan fingerprint density at radius 1 is 1.13 bits per heavy atom. The maximum Gasteiger partial charge on any atom is 0.161 e. The van der Waals surface area contributed by atoms with Crippen molar-refractivity contribution in [2.45, 2.75) is 44.6 Å². The van der Waals surface area contributed by atoms with E-state index in [0.29, 0.717) is 12.2 Å². The molecule has 1 saturated heterocycles. The first-order chi connectivity index (χ1) is 10.9. The number of likely N-dealkylation sites (N-methyl/N-ethyl adjacent to an activating group) is 1. The molecule has 4 nitrogen and oxygen atoms in total. The van der Waals surface area contributed by atoms with Crippen molar-refractivity contribution in [1.29, 1.82) is 0 Å². The molecule has 3 rings (SSSR count). The maximum atomic E-state index is 12.5. The number of hydrogen-bond donors (Lipinski definition) is 0. The third-order valence-corrected chi connectivity index (χ3v) is 6.03. The highest BCUT2D eigenvalue weighted by molar-refractivity contribution is 5.86. The van der Waals surface area contributed by atoms with E-state index in [9.17, 15) is 4.79 Å². The molecule has 0 bridgehead atoms. The van der Waals surface area contributed by atoms with E-state index in [2.05, 4.69) is 37.9 Å². The lowest BCUT2D eigenvalue weighted by Gasteiger charge is -2.50. The Balaban J connectivity index is 2.11. The SMILES string of the molecule is COc1ccc([C@@]23CCC(=O)C(C)(C)[C@@H]2N(C)CC3)cc1OC. The van der Waals surface area contributed by atoms with E-state index in [0.717, 1.165) is 30.9 Å². The van der Waals surface area contributed by atoms with Gasteiger partial charge in [0.1, 0.15) is 5.78 Å². The van der Waals surface area contributed by atoms with Gasteiger partial charge in [0.15, 0.2) is 11.5 Å². The van der Waals surface area contributed by atoms with Crippen molar-refractivity contribution < 1.29 is 14.3 Å². The predicted molar refractivity (Wildman–Crippen MR) is 90.3 cm³/mol. The molecule has 1 saturated carbocycles. The van der Waals surface area contributed by atoms with E-state index in [1.165, 1.54) is 5.56 Å². The Hall–Kier alpha value is -1.55. The van der Waals surface area contributed by atoms with E-state index >= 15 is 0 Å². The lowest BCUT2D eigenvalue weighted by molar-refractivity contribution is -0.135. The van der Waals surface area contributed by atoms with Gasteiger partial charge in [0.2, 0.25) is 0 Å². The predicted octanol–water partition coefficient (Wildman–Crippen LogP) is 3.03. The van der Waals surface area contributed by atoms with Crippen LogP contribution in [0.2, 0.25) is 0 Å². The van der Waals surface area contributed by atoms with Gasteiger partial charge in [-0.25, -0.2) is 0 Å². The van der Waals surface area contributed by atoms with Gasteiger partial charge >= 0.3 is 0 Å². The number of ketones is 1. The van der Waals surface area contributed by atoms with Crippen LogP contribution in [0.1, 0.15) is 38.7 Å². The summed E-state index contributed by atoms with van der Waals surface area (Å²) in [6, 6.07) is 6.48.